The smallest absolute Gasteiger partial charge is 0.322 e. The lowest BCUT2D eigenvalue weighted by Gasteiger charge is -2.37. The quantitative estimate of drug-likeness (QED) is 0.682. The lowest BCUT2D eigenvalue weighted by atomic mass is 9.98. The van der Waals surface area contributed by atoms with Gasteiger partial charge in [-0.1, -0.05) is 18.2 Å². The summed E-state index contributed by atoms with van der Waals surface area (Å²) in [6.07, 6.45) is 1.76. The van der Waals surface area contributed by atoms with Gasteiger partial charge >= 0.3 is 6.18 Å². The molecule has 0 aromatic heterocycles. The van der Waals surface area contributed by atoms with Gasteiger partial charge in [0, 0.05) is 41.3 Å². The van der Waals surface area contributed by atoms with Crippen molar-refractivity contribution in [2.45, 2.75) is 68.4 Å². The molecule has 5 rings (SSSR count). The van der Waals surface area contributed by atoms with E-state index < -0.39 is 17.6 Å². The Kier molecular flexibility index (Phi) is 5.50. The van der Waals surface area contributed by atoms with Crippen LogP contribution in [0.25, 0.3) is 0 Å². The van der Waals surface area contributed by atoms with Gasteiger partial charge in [-0.05, 0) is 75.0 Å². The van der Waals surface area contributed by atoms with Crippen LogP contribution in [0.3, 0.4) is 0 Å². The minimum absolute atomic E-state index is 0.0116. The van der Waals surface area contributed by atoms with Crippen LogP contribution in [0.5, 0.6) is 0 Å². The van der Waals surface area contributed by atoms with Crippen molar-refractivity contribution in [3.63, 3.8) is 0 Å². The van der Waals surface area contributed by atoms with E-state index in [0.29, 0.717) is 23.7 Å². The van der Waals surface area contributed by atoms with Crippen LogP contribution in [0.1, 0.15) is 59.5 Å². The fraction of sp³-hybridized carbons (Fsp3) is 0.480. The number of nitrogens with zero attached hydrogens (tertiary/aromatic N) is 1. The second kappa shape index (κ2) is 8.19. The number of piperidine rings is 1. The third kappa shape index (κ3) is 4.41. The van der Waals surface area contributed by atoms with Crippen molar-refractivity contribution in [3.05, 3.63) is 65.2 Å². The summed E-state index contributed by atoms with van der Waals surface area (Å²) >= 11 is 0. The zero-order valence-corrected chi connectivity index (χ0v) is 18.0. The number of rotatable bonds is 5. The molecule has 3 fully saturated rings. The number of hydrogen-bond acceptors (Lipinski definition) is 3. The molecule has 7 heteroatoms. The van der Waals surface area contributed by atoms with E-state index in [1.807, 2.05) is 24.3 Å². The Morgan fingerprint density at radius 1 is 1.00 bits per heavy atom. The number of anilines is 1. The first kappa shape index (κ1) is 21.5. The van der Waals surface area contributed by atoms with Crippen molar-refractivity contribution in [1.29, 1.82) is 0 Å². The highest BCUT2D eigenvalue weighted by atomic mass is 19.4. The standard InChI is InChI=1S/C25H28F3N3O/c1-31-20-9-10-21(31)13-19(12-20)29-23-14-22(23)15-5-7-18(8-6-15)30-24(32)16-3-2-4-17(11-16)25(26,27)28/h2-8,11,19-23,29H,9-10,12-14H2,1H3,(H,30,32)/t20-,21-,22?,23?/m1/s1. The Morgan fingerprint density at radius 3 is 2.34 bits per heavy atom. The monoisotopic (exact) mass is 443 g/mol. The molecule has 4 atom stereocenters. The van der Waals surface area contributed by atoms with Gasteiger partial charge < -0.3 is 15.5 Å². The van der Waals surface area contributed by atoms with Crippen LogP contribution in [0.15, 0.2) is 48.5 Å². The lowest BCUT2D eigenvalue weighted by molar-refractivity contribution is -0.137. The van der Waals surface area contributed by atoms with Gasteiger partial charge in [-0.25, -0.2) is 0 Å². The van der Waals surface area contributed by atoms with Gasteiger partial charge in [0.25, 0.3) is 5.91 Å². The predicted octanol–water partition coefficient (Wildman–Crippen LogP) is 5.03. The van der Waals surface area contributed by atoms with Gasteiger partial charge in [0.15, 0.2) is 0 Å². The lowest BCUT2D eigenvalue weighted by Crippen LogP contribution is -2.47. The highest BCUT2D eigenvalue weighted by molar-refractivity contribution is 6.04. The zero-order valence-electron chi connectivity index (χ0n) is 18.0. The SMILES string of the molecule is CN1[C@@H]2CC[C@@H]1CC(NC1CC1c1ccc(NC(=O)c3cccc(C(F)(F)F)c3)cc1)C2. The molecule has 2 aliphatic heterocycles. The Bertz CT molecular complexity index is 977. The summed E-state index contributed by atoms with van der Waals surface area (Å²) in [5, 5.41) is 6.55. The number of carbonyl (C=O) groups is 1. The van der Waals surface area contributed by atoms with E-state index in [2.05, 4.69) is 22.6 Å². The van der Waals surface area contributed by atoms with Crippen LogP contribution in [-0.2, 0) is 6.18 Å². The van der Waals surface area contributed by atoms with Gasteiger partial charge in [-0.3, -0.25) is 4.79 Å². The molecule has 170 valence electrons. The number of hydrogen-bond donors (Lipinski definition) is 2. The molecule has 1 saturated carbocycles. The maximum Gasteiger partial charge on any atom is 0.416 e. The van der Waals surface area contributed by atoms with E-state index in [9.17, 15) is 18.0 Å². The molecule has 0 radical (unpaired) electrons. The molecule has 3 aliphatic rings. The fourth-order valence-electron chi connectivity index (χ4n) is 5.45. The van der Waals surface area contributed by atoms with E-state index in [1.54, 1.807) is 0 Å². The van der Waals surface area contributed by atoms with Gasteiger partial charge in [-0.2, -0.15) is 13.2 Å². The normalized spacial score (nSPS) is 29.7. The molecule has 2 N–H and O–H groups in total. The number of halogens is 3. The summed E-state index contributed by atoms with van der Waals surface area (Å²) in [6, 6.07) is 14.7. The van der Waals surface area contributed by atoms with Crippen LogP contribution in [0, 0.1) is 0 Å². The molecule has 2 aromatic rings. The maximum atomic E-state index is 12.9. The van der Waals surface area contributed by atoms with Gasteiger partial charge in [-0.15, -0.1) is 0 Å². The van der Waals surface area contributed by atoms with Gasteiger partial charge in [0.05, 0.1) is 5.56 Å². The molecule has 2 unspecified atom stereocenters. The minimum Gasteiger partial charge on any atom is -0.322 e. The molecule has 32 heavy (non-hydrogen) atoms. The fourth-order valence-corrected chi connectivity index (χ4v) is 5.45. The molecular weight excluding hydrogens is 415 g/mol. The first-order valence-electron chi connectivity index (χ1n) is 11.3. The number of fused-ring (bicyclic) bond motifs is 2. The number of alkyl halides is 3. The average Bonchev–Trinajstić information content (AvgIpc) is 3.50. The van der Waals surface area contributed by atoms with Gasteiger partial charge in [0.1, 0.15) is 0 Å². The maximum absolute atomic E-state index is 12.9. The summed E-state index contributed by atoms with van der Waals surface area (Å²) in [4.78, 5) is 14.9. The number of nitrogens with one attached hydrogen (secondary N) is 2. The molecule has 0 spiro atoms. The van der Waals surface area contributed by atoms with Crippen LogP contribution < -0.4 is 10.6 Å². The molecular formula is C25H28F3N3O. The molecule has 2 saturated heterocycles. The van der Waals surface area contributed by atoms with Crippen molar-refractivity contribution in [1.82, 2.24) is 10.2 Å². The van der Waals surface area contributed by atoms with E-state index in [1.165, 1.54) is 43.4 Å². The highest BCUT2D eigenvalue weighted by Gasteiger charge is 2.43. The highest BCUT2D eigenvalue weighted by Crippen LogP contribution is 2.43. The predicted molar refractivity (Wildman–Crippen MR) is 118 cm³/mol. The number of benzene rings is 2. The second-order valence-corrected chi connectivity index (χ2v) is 9.49. The Morgan fingerprint density at radius 2 is 1.69 bits per heavy atom. The van der Waals surface area contributed by atoms with E-state index in [4.69, 9.17) is 0 Å². The van der Waals surface area contributed by atoms with E-state index in [0.717, 1.165) is 30.6 Å². The van der Waals surface area contributed by atoms with Crippen LogP contribution in [0.4, 0.5) is 18.9 Å². The molecule has 4 nitrogen and oxygen atoms in total. The summed E-state index contributed by atoms with van der Waals surface area (Å²) in [7, 11) is 2.26. The van der Waals surface area contributed by atoms with Crippen molar-refractivity contribution < 1.29 is 18.0 Å². The van der Waals surface area contributed by atoms with Crippen molar-refractivity contribution in [2.24, 2.45) is 0 Å². The van der Waals surface area contributed by atoms with Crippen LogP contribution >= 0.6 is 0 Å². The summed E-state index contributed by atoms with van der Waals surface area (Å²) in [5.41, 5.74) is 0.969. The minimum atomic E-state index is -4.47. The van der Waals surface area contributed by atoms with Crippen molar-refractivity contribution >= 4 is 11.6 Å². The molecule has 1 aliphatic carbocycles. The Hall–Kier alpha value is -2.38. The topological polar surface area (TPSA) is 44.4 Å². The second-order valence-electron chi connectivity index (χ2n) is 9.49. The molecule has 2 bridgehead atoms. The summed E-state index contributed by atoms with van der Waals surface area (Å²) in [6.45, 7) is 0. The Balaban J connectivity index is 1.16. The average molecular weight is 444 g/mol. The first-order valence-corrected chi connectivity index (χ1v) is 11.3. The van der Waals surface area contributed by atoms with Crippen molar-refractivity contribution in [3.8, 4) is 0 Å². The van der Waals surface area contributed by atoms with Crippen LogP contribution in [-0.4, -0.2) is 42.0 Å². The Labute approximate surface area is 186 Å². The number of amides is 1. The zero-order chi connectivity index (χ0) is 22.5. The molecule has 2 aromatic carbocycles. The number of carbonyl (C=O) groups excluding carboxylic acids is 1. The van der Waals surface area contributed by atoms with Crippen LogP contribution in [0.2, 0.25) is 0 Å². The summed E-state index contributed by atoms with van der Waals surface area (Å²) < 4.78 is 38.6. The third-order valence-electron chi connectivity index (χ3n) is 7.39. The molecule has 1 amide bonds. The molecule has 2 heterocycles. The van der Waals surface area contributed by atoms with E-state index in [-0.39, 0.29) is 5.56 Å². The third-order valence-corrected chi connectivity index (χ3v) is 7.39. The van der Waals surface area contributed by atoms with Gasteiger partial charge in [0.2, 0.25) is 0 Å². The van der Waals surface area contributed by atoms with Crippen molar-refractivity contribution in [2.75, 3.05) is 12.4 Å². The van der Waals surface area contributed by atoms with E-state index >= 15 is 0 Å². The summed E-state index contributed by atoms with van der Waals surface area (Å²) in [5.74, 6) is -0.0627. The first-order chi connectivity index (χ1) is 15.3. The largest absolute Gasteiger partial charge is 0.416 e.